The van der Waals surface area contributed by atoms with Crippen molar-refractivity contribution in [1.82, 2.24) is 0 Å². The lowest BCUT2D eigenvalue weighted by atomic mass is 9.98. The van der Waals surface area contributed by atoms with E-state index in [9.17, 15) is 10.1 Å². The minimum atomic E-state index is -0.424. The van der Waals surface area contributed by atoms with Gasteiger partial charge in [0.25, 0.3) is 5.69 Å². The van der Waals surface area contributed by atoms with Crippen LogP contribution in [-0.2, 0) is 0 Å². The molecule has 0 bridgehead atoms. The average molecular weight is 282 g/mol. The number of nitrogens with zero attached hydrogens (tertiary/aromatic N) is 1. The highest BCUT2D eigenvalue weighted by Crippen LogP contribution is 2.39. The fourth-order valence-corrected chi connectivity index (χ4v) is 2.17. The maximum atomic E-state index is 11.2. The predicted molar refractivity (Wildman–Crippen MR) is 78.8 cm³/mol. The summed E-state index contributed by atoms with van der Waals surface area (Å²) in [4.78, 5) is 10.8. The molecule has 0 saturated carbocycles. The summed E-state index contributed by atoms with van der Waals surface area (Å²) >= 11 is 0. The number of ether oxygens (including phenoxy) is 2. The maximum Gasteiger partial charge on any atom is 0.296 e. The molecule has 0 aliphatic heterocycles. The van der Waals surface area contributed by atoms with Gasteiger partial charge in [0.05, 0.1) is 25.2 Å². The maximum absolute atomic E-state index is 11.2. The summed E-state index contributed by atoms with van der Waals surface area (Å²) in [7, 11) is 2.96. The molecule has 1 aromatic carbocycles. The monoisotopic (exact) mass is 282 g/mol. The lowest BCUT2D eigenvalue weighted by Crippen LogP contribution is -2.30. The minimum Gasteiger partial charge on any atom is -0.493 e. The second-order valence-corrected chi connectivity index (χ2v) is 5.24. The van der Waals surface area contributed by atoms with Crippen molar-refractivity contribution in [1.29, 1.82) is 0 Å². The molecule has 1 aromatic rings. The van der Waals surface area contributed by atoms with Gasteiger partial charge in [0.15, 0.2) is 11.5 Å². The Morgan fingerprint density at radius 1 is 1.25 bits per heavy atom. The summed E-state index contributed by atoms with van der Waals surface area (Å²) in [5, 5.41) is 14.4. The second kappa shape index (κ2) is 6.45. The van der Waals surface area contributed by atoms with Crippen LogP contribution < -0.4 is 14.8 Å². The van der Waals surface area contributed by atoms with E-state index < -0.39 is 4.92 Å². The molecule has 112 valence electrons. The van der Waals surface area contributed by atoms with E-state index in [0.29, 0.717) is 17.2 Å². The molecular formula is C14H22N2O4. The highest BCUT2D eigenvalue weighted by molar-refractivity contribution is 5.69. The normalized spacial score (nSPS) is 11.1. The van der Waals surface area contributed by atoms with Gasteiger partial charge in [-0.25, -0.2) is 0 Å². The van der Waals surface area contributed by atoms with Crippen molar-refractivity contribution >= 4 is 11.4 Å². The summed E-state index contributed by atoms with van der Waals surface area (Å²) in [5.74, 6) is 0.811. The topological polar surface area (TPSA) is 73.6 Å². The van der Waals surface area contributed by atoms with Gasteiger partial charge in [-0.05, 0) is 20.3 Å². The number of methoxy groups -OCH3 is 2. The van der Waals surface area contributed by atoms with E-state index in [1.54, 1.807) is 6.07 Å². The summed E-state index contributed by atoms with van der Waals surface area (Å²) in [6.07, 6.45) is 1.89. The molecule has 0 aromatic heterocycles. The summed E-state index contributed by atoms with van der Waals surface area (Å²) < 4.78 is 10.3. The zero-order chi connectivity index (χ0) is 15.3. The number of rotatable bonds is 7. The van der Waals surface area contributed by atoms with Crippen molar-refractivity contribution in [3.8, 4) is 11.5 Å². The molecule has 0 radical (unpaired) electrons. The van der Waals surface area contributed by atoms with Crippen LogP contribution >= 0.6 is 0 Å². The van der Waals surface area contributed by atoms with Crippen LogP contribution in [0, 0.1) is 10.1 Å². The zero-order valence-electron chi connectivity index (χ0n) is 12.6. The molecule has 0 aliphatic carbocycles. The van der Waals surface area contributed by atoms with Crippen molar-refractivity contribution in [2.24, 2.45) is 0 Å². The van der Waals surface area contributed by atoms with Gasteiger partial charge in [-0.15, -0.1) is 0 Å². The molecule has 0 unspecified atom stereocenters. The van der Waals surface area contributed by atoms with Crippen LogP contribution in [0.4, 0.5) is 11.4 Å². The first-order valence-corrected chi connectivity index (χ1v) is 6.53. The van der Waals surface area contributed by atoms with Crippen LogP contribution in [0.15, 0.2) is 12.1 Å². The molecular weight excluding hydrogens is 260 g/mol. The van der Waals surface area contributed by atoms with Gasteiger partial charge >= 0.3 is 0 Å². The molecule has 20 heavy (non-hydrogen) atoms. The third-order valence-electron chi connectivity index (χ3n) is 3.05. The minimum absolute atomic E-state index is 0.0215. The van der Waals surface area contributed by atoms with Gasteiger partial charge in [-0.1, -0.05) is 13.3 Å². The SMILES string of the molecule is CCCC(C)(C)Nc1cc(OC)c(OC)cc1[N+](=O)[O-]. The fraction of sp³-hybridized carbons (Fsp3) is 0.571. The van der Waals surface area contributed by atoms with Crippen molar-refractivity contribution in [2.45, 2.75) is 39.2 Å². The van der Waals surface area contributed by atoms with Gasteiger partial charge in [0.2, 0.25) is 0 Å². The molecule has 6 nitrogen and oxygen atoms in total. The van der Waals surface area contributed by atoms with Crippen LogP contribution in [0.1, 0.15) is 33.6 Å². The largest absolute Gasteiger partial charge is 0.493 e. The Labute approximate surface area is 119 Å². The van der Waals surface area contributed by atoms with Crippen molar-refractivity contribution < 1.29 is 14.4 Å². The van der Waals surface area contributed by atoms with E-state index in [0.717, 1.165) is 12.8 Å². The first-order chi connectivity index (χ1) is 9.34. The Bertz CT molecular complexity index is 486. The third kappa shape index (κ3) is 3.76. The molecule has 0 atom stereocenters. The molecule has 1 N–H and O–H groups in total. The van der Waals surface area contributed by atoms with Crippen LogP contribution in [0.5, 0.6) is 11.5 Å². The average Bonchev–Trinajstić information content (AvgIpc) is 2.37. The molecule has 0 amide bonds. The Hall–Kier alpha value is -1.98. The Morgan fingerprint density at radius 3 is 2.25 bits per heavy atom. The van der Waals surface area contributed by atoms with E-state index >= 15 is 0 Å². The lowest BCUT2D eigenvalue weighted by molar-refractivity contribution is -0.384. The first kappa shape index (κ1) is 16.1. The third-order valence-corrected chi connectivity index (χ3v) is 3.05. The molecule has 0 heterocycles. The van der Waals surface area contributed by atoms with Crippen molar-refractivity contribution in [3.05, 3.63) is 22.2 Å². The van der Waals surface area contributed by atoms with Crippen molar-refractivity contribution in [2.75, 3.05) is 19.5 Å². The summed E-state index contributed by atoms with van der Waals surface area (Å²) in [5.41, 5.74) is 0.178. The standard InChI is InChI=1S/C14H22N2O4/c1-6-7-14(2,3)15-10-8-12(19-4)13(20-5)9-11(10)16(17)18/h8-9,15H,6-7H2,1-5H3. The summed E-state index contributed by atoms with van der Waals surface area (Å²) in [6.45, 7) is 6.10. The van der Waals surface area contributed by atoms with Gasteiger partial charge in [0, 0.05) is 11.6 Å². The second-order valence-electron chi connectivity index (χ2n) is 5.24. The van der Waals surface area contributed by atoms with Crippen LogP contribution in [0.2, 0.25) is 0 Å². The van der Waals surface area contributed by atoms with Crippen molar-refractivity contribution in [3.63, 3.8) is 0 Å². The quantitative estimate of drug-likeness (QED) is 0.611. The van der Waals surface area contributed by atoms with E-state index in [-0.39, 0.29) is 11.2 Å². The highest BCUT2D eigenvalue weighted by atomic mass is 16.6. The molecule has 0 saturated heterocycles. The number of hydrogen-bond donors (Lipinski definition) is 1. The number of nitrogens with one attached hydrogen (secondary N) is 1. The fourth-order valence-electron chi connectivity index (χ4n) is 2.17. The Kier molecular flexibility index (Phi) is 5.19. The van der Waals surface area contributed by atoms with Crippen LogP contribution in [0.25, 0.3) is 0 Å². The number of hydrogen-bond acceptors (Lipinski definition) is 5. The highest BCUT2D eigenvalue weighted by Gasteiger charge is 2.24. The Morgan fingerprint density at radius 2 is 1.80 bits per heavy atom. The number of nitro benzene ring substituents is 1. The molecule has 0 fully saturated rings. The smallest absolute Gasteiger partial charge is 0.296 e. The Balaban J connectivity index is 3.25. The van der Waals surface area contributed by atoms with Crippen LogP contribution in [-0.4, -0.2) is 24.7 Å². The van der Waals surface area contributed by atoms with E-state index in [2.05, 4.69) is 12.2 Å². The lowest BCUT2D eigenvalue weighted by Gasteiger charge is -2.27. The molecule has 0 spiro atoms. The number of nitro groups is 1. The zero-order valence-corrected chi connectivity index (χ0v) is 12.6. The summed E-state index contributed by atoms with van der Waals surface area (Å²) in [6, 6.07) is 2.98. The van der Waals surface area contributed by atoms with Crippen LogP contribution in [0.3, 0.4) is 0 Å². The first-order valence-electron chi connectivity index (χ1n) is 6.53. The number of benzene rings is 1. The number of anilines is 1. The van der Waals surface area contributed by atoms with E-state index in [1.807, 2.05) is 13.8 Å². The van der Waals surface area contributed by atoms with Gasteiger partial charge in [-0.2, -0.15) is 0 Å². The predicted octanol–water partition coefficient (Wildman–Crippen LogP) is 3.60. The molecule has 1 rings (SSSR count). The molecule has 6 heteroatoms. The van der Waals surface area contributed by atoms with E-state index in [1.165, 1.54) is 20.3 Å². The van der Waals surface area contributed by atoms with Gasteiger partial charge in [0.1, 0.15) is 5.69 Å². The van der Waals surface area contributed by atoms with Gasteiger partial charge in [-0.3, -0.25) is 10.1 Å². The van der Waals surface area contributed by atoms with Gasteiger partial charge < -0.3 is 14.8 Å². The molecule has 0 aliphatic rings. The van der Waals surface area contributed by atoms with E-state index in [4.69, 9.17) is 9.47 Å².